The van der Waals surface area contributed by atoms with Gasteiger partial charge in [-0.25, -0.2) is 0 Å². The van der Waals surface area contributed by atoms with Crippen molar-refractivity contribution in [1.82, 2.24) is 0 Å². The molecule has 2 heterocycles. The Bertz CT molecular complexity index is 576. The summed E-state index contributed by atoms with van der Waals surface area (Å²) in [5, 5.41) is 0. The third-order valence-electron chi connectivity index (χ3n) is 4.02. The molecule has 21 heavy (non-hydrogen) atoms. The second-order valence-corrected chi connectivity index (χ2v) is 5.21. The lowest BCUT2D eigenvalue weighted by molar-refractivity contribution is -0.00728. The summed E-state index contributed by atoms with van der Waals surface area (Å²) in [4.78, 5) is 0. The first kappa shape index (κ1) is 14.0. The number of hydrogen-bond donors (Lipinski definition) is 0. The van der Waals surface area contributed by atoms with Crippen molar-refractivity contribution in [3.63, 3.8) is 0 Å². The molecule has 0 N–H and O–H groups in total. The number of rotatable bonds is 4. The molecule has 0 radical (unpaired) electrons. The lowest BCUT2D eigenvalue weighted by Crippen LogP contribution is -2.18. The zero-order chi connectivity index (χ0) is 14.7. The number of benzene rings is 1. The minimum Gasteiger partial charge on any atom is -0.493 e. The fourth-order valence-electron chi connectivity index (χ4n) is 2.88. The molecule has 0 amide bonds. The normalized spacial score (nSPS) is 22.0. The van der Waals surface area contributed by atoms with Crippen molar-refractivity contribution >= 4 is 0 Å². The van der Waals surface area contributed by atoms with Crippen LogP contribution in [0.4, 0.5) is 0 Å². The highest BCUT2D eigenvalue weighted by Crippen LogP contribution is 2.40. The van der Waals surface area contributed by atoms with Crippen molar-refractivity contribution in [1.29, 1.82) is 0 Å². The van der Waals surface area contributed by atoms with Crippen LogP contribution in [-0.4, -0.2) is 20.8 Å². The largest absolute Gasteiger partial charge is 0.493 e. The predicted octanol–water partition coefficient (Wildman–Crippen LogP) is 3.93. The molecule has 1 fully saturated rings. The average molecular weight is 288 g/mol. The van der Waals surface area contributed by atoms with Gasteiger partial charge in [0.2, 0.25) is 0 Å². The molecule has 4 heteroatoms. The van der Waals surface area contributed by atoms with Gasteiger partial charge in [-0.1, -0.05) is 6.07 Å². The highest BCUT2D eigenvalue weighted by atomic mass is 16.5. The molecule has 3 rings (SSSR count). The molecule has 4 nitrogen and oxygen atoms in total. The molecule has 1 aliphatic heterocycles. The molecule has 1 saturated heterocycles. The van der Waals surface area contributed by atoms with Gasteiger partial charge in [0.25, 0.3) is 0 Å². The highest BCUT2D eigenvalue weighted by Gasteiger charge is 2.27. The Balaban J connectivity index is 1.80. The van der Waals surface area contributed by atoms with Crippen LogP contribution in [0.1, 0.15) is 36.2 Å². The van der Waals surface area contributed by atoms with E-state index in [1.165, 1.54) is 5.56 Å². The third-order valence-corrected chi connectivity index (χ3v) is 4.02. The fourth-order valence-corrected chi connectivity index (χ4v) is 2.88. The standard InChI is InChI=1S/C17H20O4/c1-18-14-6-5-12(10-16(14)19-2)13-7-9-21-17(11-13)15-4-3-8-20-15/h3-6,8,10,13,17H,7,9,11H2,1-2H3/t13-,17+/m1/s1. The Hall–Kier alpha value is -1.94. The smallest absolute Gasteiger partial charge is 0.160 e. The van der Waals surface area contributed by atoms with Gasteiger partial charge < -0.3 is 18.6 Å². The van der Waals surface area contributed by atoms with Gasteiger partial charge in [0.05, 0.1) is 20.5 Å². The van der Waals surface area contributed by atoms with Crippen molar-refractivity contribution in [2.24, 2.45) is 0 Å². The average Bonchev–Trinajstić information content (AvgIpc) is 3.09. The van der Waals surface area contributed by atoms with Crippen LogP contribution in [0.2, 0.25) is 0 Å². The molecule has 2 atom stereocenters. The van der Waals surface area contributed by atoms with Crippen LogP contribution >= 0.6 is 0 Å². The molecule has 1 aromatic carbocycles. The summed E-state index contributed by atoms with van der Waals surface area (Å²) in [5.41, 5.74) is 1.26. The molecular formula is C17H20O4. The van der Waals surface area contributed by atoms with E-state index < -0.39 is 0 Å². The number of ether oxygens (including phenoxy) is 3. The van der Waals surface area contributed by atoms with E-state index in [-0.39, 0.29) is 6.10 Å². The molecule has 0 bridgehead atoms. The van der Waals surface area contributed by atoms with Gasteiger partial charge in [-0.3, -0.25) is 0 Å². The SMILES string of the molecule is COc1ccc([C@@H]2CCO[C@H](c3ccco3)C2)cc1OC. The Kier molecular flexibility index (Phi) is 4.15. The molecule has 2 aromatic rings. The molecule has 0 aliphatic carbocycles. The minimum atomic E-state index is 0.0341. The van der Waals surface area contributed by atoms with E-state index in [4.69, 9.17) is 18.6 Å². The molecule has 1 aliphatic rings. The lowest BCUT2D eigenvalue weighted by atomic mass is 9.88. The Labute approximate surface area is 124 Å². The van der Waals surface area contributed by atoms with Crippen molar-refractivity contribution in [2.75, 3.05) is 20.8 Å². The molecule has 0 unspecified atom stereocenters. The van der Waals surface area contributed by atoms with Gasteiger partial charge in [-0.05, 0) is 48.6 Å². The Morgan fingerprint density at radius 2 is 1.95 bits per heavy atom. The van der Waals surface area contributed by atoms with E-state index in [2.05, 4.69) is 12.1 Å². The zero-order valence-corrected chi connectivity index (χ0v) is 12.4. The summed E-state index contributed by atoms with van der Waals surface area (Å²) in [6.07, 6.45) is 3.65. The number of furan rings is 1. The molecule has 0 spiro atoms. The first-order chi connectivity index (χ1) is 10.3. The van der Waals surface area contributed by atoms with Crippen LogP contribution < -0.4 is 9.47 Å². The topological polar surface area (TPSA) is 40.8 Å². The lowest BCUT2D eigenvalue weighted by Gasteiger charge is -2.29. The summed E-state index contributed by atoms with van der Waals surface area (Å²) < 4.78 is 22.0. The van der Waals surface area contributed by atoms with Crippen molar-refractivity contribution in [3.8, 4) is 11.5 Å². The third kappa shape index (κ3) is 2.90. The van der Waals surface area contributed by atoms with Gasteiger partial charge in [0.1, 0.15) is 11.9 Å². The summed E-state index contributed by atoms with van der Waals surface area (Å²) in [6, 6.07) is 10.0. The maximum atomic E-state index is 5.83. The van der Waals surface area contributed by atoms with Gasteiger partial charge in [0.15, 0.2) is 11.5 Å². The van der Waals surface area contributed by atoms with E-state index in [0.29, 0.717) is 5.92 Å². The van der Waals surface area contributed by atoms with Gasteiger partial charge >= 0.3 is 0 Å². The Morgan fingerprint density at radius 1 is 1.10 bits per heavy atom. The second-order valence-electron chi connectivity index (χ2n) is 5.21. The van der Waals surface area contributed by atoms with Crippen LogP contribution in [-0.2, 0) is 4.74 Å². The number of methoxy groups -OCH3 is 2. The van der Waals surface area contributed by atoms with Crippen LogP contribution in [0.25, 0.3) is 0 Å². The predicted molar refractivity (Wildman–Crippen MR) is 78.9 cm³/mol. The molecule has 112 valence electrons. The van der Waals surface area contributed by atoms with Crippen LogP contribution in [0, 0.1) is 0 Å². The minimum absolute atomic E-state index is 0.0341. The quantitative estimate of drug-likeness (QED) is 0.854. The van der Waals surface area contributed by atoms with Crippen molar-refractivity contribution in [2.45, 2.75) is 24.9 Å². The summed E-state index contributed by atoms with van der Waals surface area (Å²) in [6.45, 7) is 0.740. The second kappa shape index (κ2) is 6.22. The first-order valence-electron chi connectivity index (χ1n) is 7.18. The summed E-state index contributed by atoms with van der Waals surface area (Å²) >= 11 is 0. The summed E-state index contributed by atoms with van der Waals surface area (Å²) in [5.74, 6) is 2.88. The van der Waals surface area contributed by atoms with Gasteiger partial charge in [0, 0.05) is 6.61 Å². The first-order valence-corrected chi connectivity index (χ1v) is 7.18. The monoisotopic (exact) mass is 288 g/mol. The van der Waals surface area contributed by atoms with Gasteiger partial charge in [-0.15, -0.1) is 0 Å². The highest BCUT2D eigenvalue weighted by molar-refractivity contribution is 5.44. The fraction of sp³-hybridized carbons (Fsp3) is 0.412. The van der Waals surface area contributed by atoms with E-state index in [9.17, 15) is 0 Å². The molecule has 1 aromatic heterocycles. The van der Waals surface area contributed by atoms with Crippen LogP contribution in [0.3, 0.4) is 0 Å². The van der Waals surface area contributed by atoms with Crippen LogP contribution in [0.15, 0.2) is 41.0 Å². The maximum absolute atomic E-state index is 5.83. The number of hydrogen-bond acceptors (Lipinski definition) is 4. The summed E-state index contributed by atoms with van der Waals surface area (Å²) in [7, 11) is 3.32. The molecule has 0 saturated carbocycles. The van der Waals surface area contributed by atoms with Gasteiger partial charge in [-0.2, -0.15) is 0 Å². The zero-order valence-electron chi connectivity index (χ0n) is 12.4. The Morgan fingerprint density at radius 3 is 2.67 bits per heavy atom. The van der Waals surface area contributed by atoms with Crippen LogP contribution in [0.5, 0.6) is 11.5 Å². The van der Waals surface area contributed by atoms with E-state index in [1.54, 1.807) is 20.5 Å². The van der Waals surface area contributed by atoms with E-state index in [0.717, 1.165) is 36.7 Å². The van der Waals surface area contributed by atoms with Crippen molar-refractivity contribution < 1.29 is 18.6 Å². The molecular weight excluding hydrogens is 268 g/mol. The van der Waals surface area contributed by atoms with E-state index >= 15 is 0 Å². The maximum Gasteiger partial charge on any atom is 0.160 e. The van der Waals surface area contributed by atoms with Crippen molar-refractivity contribution in [3.05, 3.63) is 47.9 Å². The van der Waals surface area contributed by atoms with E-state index in [1.807, 2.05) is 18.2 Å².